The lowest BCUT2D eigenvalue weighted by atomic mass is 9.93. The van der Waals surface area contributed by atoms with Crippen molar-refractivity contribution in [1.82, 2.24) is 10.2 Å². The summed E-state index contributed by atoms with van der Waals surface area (Å²) in [7, 11) is 1.97. The smallest absolute Gasteiger partial charge is 0.222 e. The Morgan fingerprint density at radius 1 is 1.62 bits per heavy atom. The highest BCUT2D eigenvalue weighted by Crippen LogP contribution is 2.17. The molecule has 13 heavy (non-hydrogen) atoms. The minimum absolute atomic E-state index is 0.284. The number of hydrogen-bond acceptors (Lipinski definition) is 2. The molecule has 0 bridgehead atoms. The lowest BCUT2D eigenvalue weighted by Gasteiger charge is -2.36. The van der Waals surface area contributed by atoms with E-state index in [-0.39, 0.29) is 5.91 Å². The van der Waals surface area contributed by atoms with Crippen molar-refractivity contribution in [2.45, 2.75) is 32.7 Å². The normalized spacial score (nSPS) is 29.0. The minimum atomic E-state index is 0.284. The lowest BCUT2D eigenvalue weighted by molar-refractivity contribution is -0.132. The zero-order valence-electron chi connectivity index (χ0n) is 8.84. The second-order valence-corrected chi connectivity index (χ2v) is 3.85. The van der Waals surface area contributed by atoms with Gasteiger partial charge in [-0.25, -0.2) is 0 Å². The Morgan fingerprint density at radius 3 is 2.85 bits per heavy atom. The van der Waals surface area contributed by atoms with Crippen molar-refractivity contribution in [2.75, 3.05) is 20.1 Å². The van der Waals surface area contributed by atoms with Gasteiger partial charge >= 0.3 is 0 Å². The molecule has 1 aliphatic heterocycles. The molecule has 1 heterocycles. The zero-order chi connectivity index (χ0) is 9.84. The van der Waals surface area contributed by atoms with Gasteiger partial charge in [0, 0.05) is 25.6 Å². The predicted molar refractivity (Wildman–Crippen MR) is 53.5 cm³/mol. The Labute approximate surface area is 80.5 Å². The average Bonchev–Trinajstić information content (AvgIpc) is 2.17. The van der Waals surface area contributed by atoms with E-state index in [1.807, 2.05) is 18.9 Å². The molecule has 3 heteroatoms. The number of nitrogens with zero attached hydrogens (tertiary/aromatic N) is 1. The van der Waals surface area contributed by atoms with Crippen LogP contribution in [0.25, 0.3) is 0 Å². The SMILES string of the molecule is CCC(=O)N1CC[C@@H](C)[C@@H](NC)C1. The van der Waals surface area contributed by atoms with Crippen LogP contribution in [-0.2, 0) is 4.79 Å². The van der Waals surface area contributed by atoms with Gasteiger partial charge in [-0.1, -0.05) is 13.8 Å². The number of rotatable bonds is 2. The fourth-order valence-electron chi connectivity index (χ4n) is 1.90. The minimum Gasteiger partial charge on any atom is -0.341 e. The molecule has 1 rings (SSSR count). The molecule has 2 atom stereocenters. The van der Waals surface area contributed by atoms with Crippen LogP contribution >= 0.6 is 0 Å². The third-order valence-electron chi connectivity index (χ3n) is 2.98. The molecular formula is C10H20N2O. The molecule has 1 aliphatic rings. The van der Waals surface area contributed by atoms with Crippen molar-refractivity contribution >= 4 is 5.91 Å². The molecule has 0 aliphatic carbocycles. The van der Waals surface area contributed by atoms with Crippen molar-refractivity contribution in [3.8, 4) is 0 Å². The summed E-state index contributed by atoms with van der Waals surface area (Å²) in [6.45, 7) is 5.99. The molecule has 76 valence electrons. The highest BCUT2D eigenvalue weighted by molar-refractivity contribution is 5.75. The number of nitrogens with one attached hydrogen (secondary N) is 1. The Bertz CT molecular complexity index is 182. The number of amides is 1. The van der Waals surface area contributed by atoms with Crippen LogP contribution in [0, 0.1) is 5.92 Å². The molecule has 0 unspecified atom stereocenters. The average molecular weight is 184 g/mol. The third kappa shape index (κ3) is 2.44. The highest BCUT2D eigenvalue weighted by atomic mass is 16.2. The van der Waals surface area contributed by atoms with Crippen LogP contribution in [0.15, 0.2) is 0 Å². The van der Waals surface area contributed by atoms with Crippen LogP contribution in [0.2, 0.25) is 0 Å². The summed E-state index contributed by atoms with van der Waals surface area (Å²) in [5, 5.41) is 3.27. The van der Waals surface area contributed by atoms with Crippen molar-refractivity contribution in [3.05, 3.63) is 0 Å². The fraction of sp³-hybridized carbons (Fsp3) is 0.900. The van der Waals surface area contributed by atoms with E-state index in [2.05, 4.69) is 12.2 Å². The molecule has 0 radical (unpaired) electrons. The molecule has 1 amide bonds. The van der Waals surface area contributed by atoms with Crippen LogP contribution < -0.4 is 5.32 Å². The molecular weight excluding hydrogens is 164 g/mol. The summed E-state index contributed by atoms with van der Waals surface area (Å²) in [6, 6.07) is 0.476. The molecule has 0 aromatic heterocycles. The molecule has 0 saturated carbocycles. The van der Waals surface area contributed by atoms with Gasteiger partial charge in [0.2, 0.25) is 5.91 Å². The Morgan fingerprint density at radius 2 is 2.31 bits per heavy atom. The van der Waals surface area contributed by atoms with Gasteiger partial charge in [0.15, 0.2) is 0 Å². The molecule has 1 saturated heterocycles. The van der Waals surface area contributed by atoms with E-state index < -0.39 is 0 Å². The maximum Gasteiger partial charge on any atom is 0.222 e. The largest absolute Gasteiger partial charge is 0.341 e. The lowest BCUT2D eigenvalue weighted by Crippen LogP contribution is -2.50. The van der Waals surface area contributed by atoms with E-state index in [1.54, 1.807) is 0 Å². The quantitative estimate of drug-likeness (QED) is 0.690. The summed E-state index contributed by atoms with van der Waals surface area (Å²) in [6.07, 6.45) is 1.75. The summed E-state index contributed by atoms with van der Waals surface area (Å²) in [4.78, 5) is 13.4. The van der Waals surface area contributed by atoms with Gasteiger partial charge in [-0.2, -0.15) is 0 Å². The number of carbonyl (C=O) groups excluding carboxylic acids is 1. The molecule has 0 spiro atoms. The number of carbonyl (C=O) groups is 1. The van der Waals surface area contributed by atoms with Crippen LogP contribution in [-0.4, -0.2) is 37.0 Å². The molecule has 1 N–H and O–H groups in total. The Kier molecular flexibility index (Phi) is 3.72. The summed E-state index contributed by atoms with van der Waals surface area (Å²) in [5.41, 5.74) is 0. The number of likely N-dealkylation sites (tertiary alicyclic amines) is 1. The number of piperidine rings is 1. The van der Waals surface area contributed by atoms with E-state index >= 15 is 0 Å². The fourth-order valence-corrected chi connectivity index (χ4v) is 1.90. The maximum absolute atomic E-state index is 11.4. The first-order valence-electron chi connectivity index (χ1n) is 5.14. The van der Waals surface area contributed by atoms with Gasteiger partial charge < -0.3 is 10.2 Å². The Balaban J connectivity index is 2.49. The molecule has 1 fully saturated rings. The van der Waals surface area contributed by atoms with Crippen LogP contribution in [0.1, 0.15) is 26.7 Å². The van der Waals surface area contributed by atoms with Gasteiger partial charge in [-0.3, -0.25) is 4.79 Å². The second-order valence-electron chi connectivity index (χ2n) is 3.85. The molecule has 3 nitrogen and oxygen atoms in total. The number of hydrogen-bond donors (Lipinski definition) is 1. The van der Waals surface area contributed by atoms with Gasteiger partial charge in [-0.15, -0.1) is 0 Å². The van der Waals surface area contributed by atoms with Gasteiger partial charge in [0.05, 0.1) is 0 Å². The predicted octanol–water partition coefficient (Wildman–Crippen LogP) is 0.853. The number of likely N-dealkylation sites (N-methyl/N-ethyl adjacent to an activating group) is 1. The van der Waals surface area contributed by atoms with E-state index in [4.69, 9.17) is 0 Å². The van der Waals surface area contributed by atoms with Crippen LogP contribution in [0.3, 0.4) is 0 Å². The first-order chi connectivity index (χ1) is 6.19. The first-order valence-corrected chi connectivity index (χ1v) is 5.14. The van der Waals surface area contributed by atoms with Gasteiger partial charge in [-0.05, 0) is 19.4 Å². The zero-order valence-corrected chi connectivity index (χ0v) is 8.84. The summed E-state index contributed by atoms with van der Waals surface area (Å²) < 4.78 is 0. The Hall–Kier alpha value is -0.570. The second kappa shape index (κ2) is 4.61. The van der Waals surface area contributed by atoms with E-state index in [0.717, 1.165) is 19.5 Å². The van der Waals surface area contributed by atoms with E-state index in [0.29, 0.717) is 18.4 Å². The van der Waals surface area contributed by atoms with Gasteiger partial charge in [0.1, 0.15) is 0 Å². The van der Waals surface area contributed by atoms with E-state index in [1.165, 1.54) is 0 Å². The summed E-state index contributed by atoms with van der Waals surface area (Å²) in [5.74, 6) is 0.970. The molecule has 0 aromatic rings. The monoisotopic (exact) mass is 184 g/mol. The topological polar surface area (TPSA) is 32.3 Å². The first kappa shape index (κ1) is 10.5. The van der Waals surface area contributed by atoms with Crippen molar-refractivity contribution in [3.63, 3.8) is 0 Å². The van der Waals surface area contributed by atoms with Crippen molar-refractivity contribution in [2.24, 2.45) is 5.92 Å². The van der Waals surface area contributed by atoms with E-state index in [9.17, 15) is 4.79 Å². The maximum atomic E-state index is 11.4. The van der Waals surface area contributed by atoms with Gasteiger partial charge in [0.25, 0.3) is 0 Å². The highest BCUT2D eigenvalue weighted by Gasteiger charge is 2.26. The summed E-state index contributed by atoms with van der Waals surface area (Å²) >= 11 is 0. The van der Waals surface area contributed by atoms with Crippen LogP contribution in [0.4, 0.5) is 0 Å². The third-order valence-corrected chi connectivity index (χ3v) is 2.98. The van der Waals surface area contributed by atoms with Crippen LogP contribution in [0.5, 0.6) is 0 Å². The van der Waals surface area contributed by atoms with Crippen molar-refractivity contribution in [1.29, 1.82) is 0 Å². The standard InChI is InChI=1S/C10H20N2O/c1-4-10(13)12-6-5-8(2)9(7-12)11-3/h8-9,11H,4-7H2,1-3H3/t8-,9+/m1/s1. The molecule has 0 aromatic carbocycles. The van der Waals surface area contributed by atoms with Crippen molar-refractivity contribution < 1.29 is 4.79 Å².